The van der Waals surface area contributed by atoms with E-state index in [1.54, 1.807) is 0 Å². The number of aliphatic hydroxyl groups is 2. The van der Waals surface area contributed by atoms with Gasteiger partial charge in [-0.1, -0.05) is 142 Å². The van der Waals surface area contributed by atoms with Crippen molar-refractivity contribution in [1.82, 2.24) is 0 Å². The predicted molar refractivity (Wildman–Crippen MR) is 175 cm³/mol. The summed E-state index contributed by atoms with van der Waals surface area (Å²) in [7, 11) is 0. The smallest absolute Gasteiger partial charge is 0.306 e. The number of hydrogen-bond acceptors (Lipinski definition) is 7. The molecule has 0 aromatic rings. The Morgan fingerprint density at radius 2 is 0.818 bits per heavy atom. The van der Waals surface area contributed by atoms with Crippen molar-refractivity contribution in [3.8, 4) is 0 Å². The molecular weight excluding hydrogens is 564 g/mol. The molecule has 260 valence electrons. The van der Waals surface area contributed by atoms with Gasteiger partial charge in [0.15, 0.2) is 11.9 Å². The van der Waals surface area contributed by atoms with Crippen molar-refractivity contribution in [2.75, 3.05) is 6.61 Å². The molecule has 2 unspecified atom stereocenters. The number of rotatable bonds is 31. The third kappa shape index (κ3) is 32.9. The van der Waals surface area contributed by atoms with E-state index in [9.17, 15) is 29.4 Å². The van der Waals surface area contributed by atoms with Crippen molar-refractivity contribution >= 4 is 23.7 Å². The molecule has 0 amide bonds. The molecule has 0 saturated carbocycles. The number of carbonyl (C=O) groups is 4. The highest BCUT2D eigenvalue weighted by molar-refractivity contribution is 5.86. The van der Waals surface area contributed by atoms with Crippen LogP contribution in [0.2, 0.25) is 0 Å². The number of aliphatic hydroxyl groups excluding tert-OH is 2. The van der Waals surface area contributed by atoms with Gasteiger partial charge < -0.3 is 25.2 Å². The summed E-state index contributed by atoms with van der Waals surface area (Å²) < 4.78 is 5.31. The molecule has 0 fully saturated rings. The molecule has 2 atom stereocenters. The van der Waals surface area contributed by atoms with E-state index in [2.05, 4.69) is 13.8 Å². The minimum Gasteiger partial charge on any atom is -0.481 e. The lowest BCUT2D eigenvalue weighted by Gasteiger charge is -2.20. The summed E-state index contributed by atoms with van der Waals surface area (Å²) in [6.45, 7) is 3.89. The summed E-state index contributed by atoms with van der Waals surface area (Å²) in [5, 5.41) is 35.1. The maximum absolute atomic E-state index is 12.6. The summed E-state index contributed by atoms with van der Waals surface area (Å²) in [6.07, 6.45) is 23.8. The van der Waals surface area contributed by atoms with Crippen LogP contribution in [0.1, 0.15) is 181 Å². The molecule has 0 aromatic carbocycles. The lowest BCUT2D eigenvalue weighted by molar-refractivity contribution is -0.163. The standard InChI is InChI=1S/C31H60O5.C4H6O4/c1-3-5-7-9-11-13-15-17-19-21-23-25-28(33)31(29(34)27-32)36-30(35)26-24-22-20-18-16-14-12-10-8-6-4-2;5-3(6)1-2-4(7)8/h29,31-32,34H,3-27H2,1-2H3;1-2H2,(H,5,6)(H,7,8). The van der Waals surface area contributed by atoms with Gasteiger partial charge in [0.2, 0.25) is 0 Å². The van der Waals surface area contributed by atoms with Crippen LogP contribution in [-0.4, -0.2) is 62.9 Å². The normalized spacial score (nSPS) is 12.2. The zero-order valence-corrected chi connectivity index (χ0v) is 28.1. The number of unbranched alkanes of at least 4 members (excludes halogenated alkanes) is 20. The van der Waals surface area contributed by atoms with Crippen molar-refractivity contribution in [2.24, 2.45) is 0 Å². The third-order valence-electron chi connectivity index (χ3n) is 7.68. The Bertz CT molecular complexity index is 682. The van der Waals surface area contributed by atoms with Gasteiger partial charge >= 0.3 is 17.9 Å². The average molecular weight is 631 g/mol. The fourth-order valence-electron chi connectivity index (χ4n) is 4.91. The van der Waals surface area contributed by atoms with Gasteiger partial charge in [-0.3, -0.25) is 19.2 Å². The Morgan fingerprint density at radius 3 is 1.14 bits per heavy atom. The second-order valence-corrected chi connectivity index (χ2v) is 12.0. The molecule has 0 aliphatic carbocycles. The van der Waals surface area contributed by atoms with E-state index in [1.165, 1.54) is 103 Å². The fourth-order valence-corrected chi connectivity index (χ4v) is 4.91. The highest BCUT2D eigenvalue weighted by Gasteiger charge is 2.29. The lowest BCUT2D eigenvalue weighted by Crippen LogP contribution is -2.40. The van der Waals surface area contributed by atoms with Gasteiger partial charge in [-0.05, 0) is 12.8 Å². The highest BCUT2D eigenvalue weighted by atomic mass is 16.6. The summed E-state index contributed by atoms with van der Waals surface area (Å²) in [6, 6.07) is 0. The van der Waals surface area contributed by atoms with Crippen LogP contribution in [0, 0.1) is 0 Å². The van der Waals surface area contributed by atoms with Gasteiger partial charge in [0.05, 0.1) is 19.4 Å². The first-order valence-corrected chi connectivity index (χ1v) is 17.6. The van der Waals surface area contributed by atoms with E-state index in [0.29, 0.717) is 0 Å². The van der Waals surface area contributed by atoms with Crippen molar-refractivity contribution in [2.45, 2.75) is 193 Å². The Balaban J connectivity index is 0. The monoisotopic (exact) mass is 630 g/mol. The maximum atomic E-state index is 12.6. The SMILES string of the molecule is CCCCCCCCCCCCCC(=O)OC(C(=O)CCCCCCCCCCCCC)C(O)CO.O=C(O)CCC(=O)O. The first-order chi connectivity index (χ1) is 21.2. The molecule has 0 rings (SSSR count). The first-order valence-electron chi connectivity index (χ1n) is 17.6. The molecule has 0 aromatic heterocycles. The first kappa shape index (κ1) is 44.1. The zero-order valence-electron chi connectivity index (χ0n) is 28.1. The van der Waals surface area contributed by atoms with Crippen molar-refractivity contribution in [3.05, 3.63) is 0 Å². The quantitative estimate of drug-likeness (QED) is 0.0438. The van der Waals surface area contributed by atoms with E-state index in [4.69, 9.17) is 14.9 Å². The highest BCUT2D eigenvalue weighted by Crippen LogP contribution is 2.15. The van der Waals surface area contributed by atoms with Gasteiger partial charge in [0.1, 0.15) is 6.10 Å². The molecule has 0 spiro atoms. The summed E-state index contributed by atoms with van der Waals surface area (Å²) >= 11 is 0. The molecule has 0 bridgehead atoms. The molecule has 0 heterocycles. The summed E-state index contributed by atoms with van der Waals surface area (Å²) in [5.41, 5.74) is 0. The van der Waals surface area contributed by atoms with Gasteiger partial charge in [0, 0.05) is 12.8 Å². The number of esters is 1. The second-order valence-electron chi connectivity index (χ2n) is 12.0. The molecule has 44 heavy (non-hydrogen) atoms. The van der Waals surface area contributed by atoms with Crippen LogP contribution in [0.15, 0.2) is 0 Å². The molecule has 0 aliphatic heterocycles. The number of ether oxygens (including phenoxy) is 1. The van der Waals surface area contributed by atoms with Crippen molar-refractivity contribution < 1.29 is 44.3 Å². The summed E-state index contributed by atoms with van der Waals surface area (Å²) in [4.78, 5) is 44.1. The van der Waals surface area contributed by atoms with E-state index in [1.807, 2.05) is 0 Å². The number of carbonyl (C=O) groups excluding carboxylic acids is 2. The Hall–Kier alpha value is -2.00. The number of aliphatic carboxylic acids is 2. The van der Waals surface area contributed by atoms with Gasteiger partial charge in [-0.15, -0.1) is 0 Å². The molecule has 0 radical (unpaired) electrons. The Morgan fingerprint density at radius 1 is 0.500 bits per heavy atom. The van der Waals surface area contributed by atoms with Crippen LogP contribution in [0.25, 0.3) is 0 Å². The Labute approximate surface area is 267 Å². The molecular formula is C35H66O9. The molecule has 0 aliphatic rings. The average Bonchev–Trinajstić information content (AvgIpc) is 3.00. The van der Waals surface area contributed by atoms with E-state index in [0.717, 1.165) is 38.5 Å². The lowest BCUT2D eigenvalue weighted by atomic mass is 10.0. The third-order valence-corrected chi connectivity index (χ3v) is 7.68. The fraction of sp³-hybridized carbons (Fsp3) is 0.886. The van der Waals surface area contributed by atoms with Crippen LogP contribution in [0.5, 0.6) is 0 Å². The van der Waals surface area contributed by atoms with Crippen LogP contribution in [0.4, 0.5) is 0 Å². The van der Waals surface area contributed by atoms with Crippen LogP contribution in [0.3, 0.4) is 0 Å². The van der Waals surface area contributed by atoms with E-state index >= 15 is 0 Å². The van der Waals surface area contributed by atoms with Crippen molar-refractivity contribution in [1.29, 1.82) is 0 Å². The van der Waals surface area contributed by atoms with Crippen LogP contribution in [-0.2, 0) is 23.9 Å². The zero-order chi connectivity index (χ0) is 33.3. The molecule has 9 heteroatoms. The van der Waals surface area contributed by atoms with E-state index < -0.39 is 36.7 Å². The summed E-state index contributed by atoms with van der Waals surface area (Å²) in [5.74, 6) is -2.88. The number of carboxylic acid groups (broad SMARTS) is 2. The minimum absolute atomic E-state index is 0.261. The predicted octanol–water partition coefficient (Wildman–Crippen LogP) is 8.16. The number of hydrogen-bond donors (Lipinski definition) is 4. The topological polar surface area (TPSA) is 158 Å². The van der Waals surface area contributed by atoms with Gasteiger partial charge in [-0.2, -0.15) is 0 Å². The van der Waals surface area contributed by atoms with Gasteiger partial charge in [0.25, 0.3) is 0 Å². The second kappa shape index (κ2) is 33.9. The molecule has 0 saturated heterocycles. The van der Waals surface area contributed by atoms with Crippen LogP contribution >= 0.6 is 0 Å². The number of Topliss-reactive ketones (excluding diaryl/α,β-unsaturated/α-hetero) is 1. The van der Waals surface area contributed by atoms with Crippen LogP contribution < -0.4 is 0 Å². The number of carboxylic acids is 2. The van der Waals surface area contributed by atoms with E-state index in [-0.39, 0.29) is 31.5 Å². The largest absolute Gasteiger partial charge is 0.481 e. The molecule has 9 nitrogen and oxygen atoms in total. The van der Waals surface area contributed by atoms with Crippen molar-refractivity contribution in [3.63, 3.8) is 0 Å². The Kier molecular flexibility index (Phi) is 34.0. The van der Waals surface area contributed by atoms with Gasteiger partial charge in [-0.25, -0.2) is 0 Å². The minimum atomic E-state index is -1.34. The molecule has 4 N–H and O–H groups in total. The number of ketones is 1. The maximum Gasteiger partial charge on any atom is 0.306 e.